The number of rotatable bonds is 7. The fourth-order valence-electron chi connectivity index (χ4n) is 2.47. The summed E-state index contributed by atoms with van der Waals surface area (Å²) in [4.78, 5) is 12.7. The summed E-state index contributed by atoms with van der Waals surface area (Å²) in [6.45, 7) is 0.0187. The van der Waals surface area contributed by atoms with Crippen LogP contribution in [0.25, 0.3) is 11.3 Å². The van der Waals surface area contributed by atoms with Crippen molar-refractivity contribution < 1.29 is 19.4 Å². The number of ether oxygens (including phenoxy) is 2. The lowest BCUT2D eigenvalue weighted by Gasteiger charge is -2.08. The molecule has 0 aliphatic carbocycles. The number of hydrogen-bond donors (Lipinski definition) is 2. The van der Waals surface area contributed by atoms with Crippen LogP contribution in [0.2, 0.25) is 15.1 Å². The average molecular weight is 442 g/mol. The van der Waals surface area contributed by atoms with Crippen LogP contribution in [0, 0.1) is 0 Å². The number of aromatic amines is 1. The molecule has 6 nitrogen and oxygen atoms in total. The van der Waals surface area contributed by atoms with Crippen molar-refractivity contribution in [3.05, 3.63) is 68.8 Å². The summed E-state index contributed by atoms with van der Waals surface area (Å²) in [5, 5.41) is 17.1. The minimum atomic E-state index is -0.705. The van der Waals surface area contributed by atoms with E-state index in [1.165, 1.54) is 12.1 Å². The van der Waals surface area contributed by atoms with E-state index in [9.17, 15) is 4.79 Å². The lowest BCUT2D eigenvalue weighted by Crippen LogP contribution is -2.13. The molecule has 1 heterocycles. The van der Waals surface area contributed by atoms with Crippen LogP contribution in [0.15, 0.2) is 42.5 Å². The predicted molar refractivity (Wildman–Crippen MR) is 107 cm³/mol. The predicted octanol–water partition coefficient (Wildman–Crippen LogP) is 4.77. The molecule has 3 aromatic rings. The number of esters is 1. The number of halogens is 3. The Balaban J connectivity index is 1.92. The third-order valence-electron chi connectivity index (χ3n) is 3.77. The smallest absolute Gasteiger partial charge is 0.364 e. The van der Waals surface area contributed by atoms with E-state index in [1.807, 2.05) is 0 Å². The molecule has 146 valence electrons. The quantitative estimate of drug-likeness (QED) is 0.313. The number of hydrogen-bond acceptors (Lipinski definition) is 5. The number of nitrogens with one attached hydrogen (secondary N) is 1. The largest absolute Gasteiger partial charge is 0.420 e. The molecule has 28 heavy (non-hydrogen) atoms. The molecule has 0 amide bonds. The first kappa shape index (κ1) is 20.6. The molecule has 0 atom stereocenters. The van der Waals surface area contributed by atoms with Gasteiger partial charge in [-0.05, 0) is 30.3 Å². The highest BCUT2D eigenvalue weighted by atomic mass is 35.5. The molecule has 2 N–H and O–H groups in total. The standard InChI is InChI=1S/C19H15Cl3N2O4/c20-12-3-1-11(2-4-12)17-14(10-27-8-7-25)18(24-23-17)19(26)28-16-6-5-13(21)9-15(16)22/h1-6,9,25H,7-8,10H2,(H,23,24). The molecule has 1 aromatic heterocycles. The zero-order valence-corrected chi connectivity index (χ0v) is 16.7. The van der Waals surface area contributed by atoms with Crippen LogP contribution in [-0.2, 0) is 11.3 Å². The molecular formula is C19H15Cl3N2O4. The number of aliphatic hydroxyl groups is 1. The summed E-state index contributed by atoms with van der Waals surface area (Å²) in [6.07, 6.45) is 0. The fraction of sp³-hybridized carbons (Fsp3) is 0.158. The Labute approximate surface area is 175 Å². The second-order valence-electron chi connectivity index (χ2n) is 5.67. The monoisotopic (exact) mass is 440 g/mol. The highest BCUT2D eigenvalue weighted by Crippen LogP contribution is 2.30. The number of carbonyl (C=O) groups excluding carboxylic acids is 1. The zero-order chi connectivity index (χ0) is 20.1. The SMILES string of the molecule is O=C(Oc1ccc(Cl)cc1Cl)c1n[nH]c(-c2ccc(Cl)cc2)c1COCCO. The van der Waals surface area contributed by atoms with Gasteiger partial charge < -0.3 is 14.6 Å². The molecule has 3 rings (SSSR count). The number of carbonyl (C=O) groups is 1. The van der Waals surface area contributed by atoms with E-state index in [1.54, 1.807) is 30.3 Å². The van der Waals surface area contributed by atoms with Gasteiger partial charge in [0.1, 0.15) is 5.75 Å². The zero-order valence-electron chi connectivity index (χ0n) is 14.4. The van der Waals surface area contributed by atoms with E-state index < -0.39 is 5.97 Å². The van der Waals surface area contributed by atoms with Crippen LogP contribution >= 0.6 is 34.8 Å². The van der Waals surface area contributed by atoms with Crippen molar-refractivity contribution >= 4 is 40.8 Å². The summed E-state index contributed by atoms with van der Waals surface area (Å²) in [6, 6.07) is 11.6. The maximum atomic E-state index is 12.7. The summed E-state index contributed by atoms with van der Waals surface area (Å²) < 4.78 is 10.8. The van der Waals surface area contributed by atoms with Gasteiger partial charge in [0.15, 0.2) is 5.69 Å². The van der Waals surface area contributed by atoms with Crippen molar-refractivity contribution in [1.82, 2.24) is 10.2 Å². The Morgan fingerprint density at radius 3 is 2.46 bits per heavy atom. The first-order valence-corrected chi connectivity index (χ1v) is 9.32. The van der Waals surface area contributed by atoms with E-state index in [0.717, 1.165) is 5.56 Å². The lowest BCUT2D eigenvalue weighted by atomic mass is 10.1. The molecule has 9 heteroatoms. The van der Waals surface area contributed by atoms with Crippen molar-refractivity contribution in [2.45, 2.75) is 6.61 Å². The maximum absolute atomic E-state index is 12.7. The van der Waals surface area contributed by atoms with Gasteiger partial charge in [0.2, 0.25) is 0 Å². The summed E-state index contributed by atoms with van der Waals surface area (Å²) >= 11 is 17.9. The number of H-pyrrole nitrogens is 1. The molecular weight excluding hydrogens is 427 g/mol. The minimum Gasteiger partial charge on any atom is -0.420 e. The second-order valence-corrected chi connectivity index (χ2v) is 6.95. The van der Waals surface area contributed by atoms with Crippen molar-refractivity contribution in [3.8, 4) is 17.0 Å². The van der Waals surface area contributed by atoms with Crippen LogP contribution < -0.4 is 4.74 Å². The van der Waals surface area contributed by atoms with Gasteiger partial charge in [0.05, 0.1) is 30.5 Å². The molecule has 0 aliphatic heterocycles. The Bertz CT molecular complexity index is 974. The molecule has 0 bridgehead atoms. The number of aliphatic hydroxyl groups excluding tert-OH is 1. The highest BCUT2D eigenvalue weighted by molar-refractivity contribution is 6.35. The molecule has 0 spiro atoms. The first-order valence-electron chi connectivity index (χ1n) is 8.18. The van der Waals surface area contributed by atoms with Crippen LogP contribution in [0.1, 0.15) is 16.1 Å². The van der Waals surface area contributed by atoms with Gasteiger partial charge in [-0.1, -0.05) is 46.9 Å². The highest BCUT2D eigenvalue weighted by Gasteiger charge is 2.23. The minimum absolute atomic E-state index is 0.0494. The Kier molecular flexibility index (Phi) is 6.93. The van der Waals surface area contributed by atoms with Gasteiger partial charge >= 0.3 is 5.97 Å². The van der Waals surface area contributed by atoms with Gasteiger partial charge in [0.25, 0.3) is 0 Å². The third-order valence-corrected chi connectivity index (χ3v) is 4.55. The Morgan fingerprint density at radius 1 is 1.07 bits per heavy atom. The molecule has 0 saturated heterocycles. The number of benzene rings is 2. The van der Waals surface area contributed by atoms with Crippen molar-refractivity contribution in [1.29, 1.82) is 0 Å². The summed E-state index contributed by atoms with van der Waals surface area (Å²) in [7, 11) is 0. The van der Waals surface area contributed by atoms with E-state index in [2.05, 4.69) is 10.2 Å². The van der Waals surface area contributed by atoms with Crippen molar-refractivity contribution in [2.75, 3.05) is 13.2 Å². The van der Waals surface area contributed by atoms with Crippen LogP contribution in [0.3, 0.4) is 0 Å². The molecule has 0 saturated carbocycles. The first-order chi connectivity index (χ1) is 13.5. The van der Waals surface area contributed by atoms with Gasteiger partial charge in [-0.15, -0.1) is 0 Å². The topological polar surface area (TPSA) is 84.4 Å². The van der Waals surface area contributed by atoms with E-state index in [-0.39, 0.29) is 36.3 Å². The van der Waals surface area contributed by atoms with Crippen molar-refractivity contribution in [3.63, 3.8) is 0 Å². The lowest BCUT2D eigenvalue weighted by molar-refractivity contribution is 0.0700. The summed E-state index contributed by atoms with van der Waals surface area (Å²) in [5.74, 6) is -0.544. The van der Waals surface area contributed by atoms with Crippen LogP contribution in [-0.4, -0.2) is 34.5 Å². The van der Waals surface area contributed by atoms with Gasteiger partial charge in [-0.25, -0.2) is 4.79 Å². The fourth-order valence-corrected chi connectivity index (χ4v) is 3.05. The maximum Gasteiger partial charge on any atom is 0.364 e. The van der Waals surface area contributed by atoms with Gasteiger partial charge in [0, 0.05) is 21.2 Å². The molecule has 0 fully saturated rings. The van der Waals surface area contributed by atoms with Gasteiger partial charge in [-0.2, -0.15) is 5.10 Å². The molecule has 0 aliphatic rings. The second kappa shape index (κ2) is 9.41. The Hall–Kier alpha value is -2.09. The van der Waals surface area contributed by atoms with Crippen LogP contribution in [0.4, 0.5) is 0 Å². The number of aromatic nitrogens is 2. The summed E-state index contributed by atoms with van der Waals surface area (Å²) in [5.41, 5.74) is 1.89. The van der Waals surface area contributed by atoms with Crippen molar-refractivity contribution in [2.24, 2.45) is 0 Å². The van der Waals surface area contributed by atoms with Crippen LogP contribution in [0.5, 0.6) is 5.75 Å². The molecule has 0 radical (unpaired) electrons. The molecule has 0 unspecified atom stereocenters. The van der Waals surface area contributed by atoms with Gasteiger partial charge in [-0.3, -0.25) is 5.10 Å². The van der Waals surface area contributed by atoms with E-state index in [0.29, 0.717) is 21.3 Å². The van der Waals surface area contributed by atoms with E-state index in [4.69, 9.17) is 49.4 Å². The Morgan fingerprint density at radius 2 is 1.79 bits per heavy atom. The third kappa shape index (κ3) is 4.84. The number of nitrogens with zero attached hydrogens (tertiary/aromatic N) is 1. The molecule has 2 aromatic carbocycles. The normalized spacial score (nSPS) is 10.9. The average Bonchev–Trinajstić information content (AvgIpc) is 3.09. The van der Waals surface area contributed by atoms with E-state index >= 15 is 0 Å².